The second kappa shape index (κ2) is 6.18. The lowest BCUT2D eigenvalue weighted by atomic mass is 9.95. The minimum atomic E-state index is -0.0347. The molecule has 0 saturated carbocycles. The van der Waals surface area contributed by atoms with Crippen molar-refractivity contribution >= 4 is 28.8 Å². The number of nitrogens with one attached hydrogen (secondary N) is 2. The molecule has 21 heavy (non-hydrogen) atoms. The zero-order valence-electron chi connectivity index (χ0n) is 11.8. The van der Waals surface area contributed by atoms with E-state index in [4.69, 9.17) is 11.6 Å². The van der Waals surface area contributed by atoms with Crippen molar-refractivity contribution in [3.63, 3.8) is 0 Å². The SMILES string of the molecule is CC(NC(=O)c1cccc2c1CCNC2)c1ccc(Cl)s1. The van der Waals surface area contributed by atoms with Crippen LogP contribution in [0.3, 0.4) is 0 Å². The van der Waals surface area contributed by atoms with Crippen LogP contribution >= 0.6 is 22.9 Å². The molecule has 3 rings (SSSR count). The van der Waals surface area contributed by atoms with Gasteiger partial charge in [-0.2, -0.15) is 0 Å². The second-order valence-corrected chi connectivity index (χ2v) is 6.95. The van der Waals surface area contributed by atoms with Crippen molar-refractivity contribution in [3.05, 3.63) is 56.2 Å². The number of thiophene rings is 1. The molecule has 2 aromatic rings. The summed E-state index contributed by atoms with van der Waals surface area (Å²) in [7, 11) is 0. The molecule has 0 spiro atoms. The number of carbonyl (C=O) groups is 1. The van der Waals surface area contributed by atoms with E-state index >= 15 is 0 Å². The van der Waals surface area contributed by atoms with Gasteiger partial charge in [-0.25, -0.2) is 0 Å². The quantitative estimate of drug-likeness (QED) is 0.908. The van der Waals surface area contributed by atoms with Crippen LogP contribution in [0.1, 0.15) is 39.3 Å². The predicted octanol–water partition coefficient (Wildman–Crippen LogP) is 3.54. The standard InChI is InChI=1S/C16H17ClN2OS/c1-10(14-5-6-15(17)21-14)19-16(20)13-4-2-3-11-9-18-8-7-12(11)13/h2-6,10,18H,7-9H2,1H3,(H,19,20). The van der Waals surface area contributed by atoms with Crippen LogP contribution in [0, 0.1) is 0 Å². The monoisotopic (exact) mass is 320 g/mol. The van der Waals surface area contributed by atoms with Gasteiger partial charge in [0, 0.05) is 17.0 Å². The molecule has 0 radical (unpaired) electrons. The van der Waals surface area contributed by atoms with Gasteiger partial charge in [-0.15, -0.1) is 11.3 Å². The van der Waals surface area contributed by atoms with Crippen LogP contribution in [0.2, 0.25) is 4.34 Å². The molecule has 5 heteroatoms. The van der Waals surface area contributed by atoms with E-state index in [1.54, 1.807) is 0 Å². The Labute approximate surface area is 133 Å². The van der Waals surface area contributed by atoms with Crippen molar-refractivity contribution in [1.29, 1.82) is 0 Å². The number of fused-ring (bicyclic) bond motifs is 1. The first kappa shape index (κ1) is 14.6. The molecule has 1 amide bonds. The molecule has 1 atom stereocenters. The van der Waals surface area contributed by atoms with Crippen molar-refractivity contribution in [2.24, 2.45) is 0 Å². The summed E-state index contributed by atoms with van der Waals surface area (Å²) in [5, 5.41) is 6.40. The largest absolute Gasteiger partial charge is 0.345 e. The maximum atomic E-state index is 12.5. The fourth-order valence-electron chi connectivity index (χ4n) is 2.65. The van der Waals surface area contributed by atoms with Crippen LogP contribution < -0.4 is 10.6 Å². The first-order valence-electron chi connectivity index (χ1n) is 7.02. The second-order valence-electron chi connectivity index (χ2n) is 5.21. The van der Waals surface area contributed by atoms with E-state index in [0.29, 0.717) is 0 Å². The maximum absolute atomic E-state index is 12.5. The summed E-state index contributed by atoms with van der Waals surface area (Å²) in [6.07, 6.45) is 0.901. The summed E-state index contributed by atoms with van der Waals surface area (Å²) in [5.74, 6) is -0.00854. The molecule has 1 aromatic heterocycles. The minimum absolute atomic E-state index is 0.00854. The Morgan fingerprint density at radius 1 is 1.38 bits per heavy atom. The van der Waals surface area contributed by atoms with Crippen molar-refractivity contribution < 1.29 is 4.79 Å². The van der Waals surface area contributed by atoms with Gasteiger partial charge in [-0.05, 0) is 49.2 Å². The van der Waals surface area contributed by atoms with E-state index in [9.17, 15) is 4.79 Å². The molecule has 3 nitrogen and oxygen atoms in total. The van der Waals surface area contributed by atoms with E-state index < -0.39 is 0 Å². The van der Waals surface area contributed by atoms with Gasteiger partial charge < -0.3 is 10.6 Å². The predicted molar refractivity (Wildman–Crippen MR) is 87.1 cm³/mol. The van der Waals surface area contributed by atoms with Crippen molar-refractivity contribution in [2.75, 3.05) is 6.54 Å². The van der Waals surface area contributed by atoms with Crippen molar-refractivity contribution in [2.45, 2.75) is 25.9 Å². The summed E-state index contributed by atoms with van der Waals surface area (Å²) in [5.41, 5.74) is 3.19. The van der Waals surface area contributed by atoms with Gasteiger partial charge in [0.1, 0.15) is 0 Å². The third-order valence-corrected chi connectivity index (χ3v) is 5.17. The molecule has 0 saturated heterocycles. The average molecular weight is 321 g/mol. The Morgan fingerprint density at radius 2 is 2.24 bits per heavy atom. The van der Waals surface area contributed by atoms with Crippen LogP contribution in [0.4, 0.5) is 0 Å². The van der Waals surface area contributed by atoms with Crippen LogP contribution in [-0.4, -0.2) is 12.5 Å². The summed E-state index contributed by atoms with van der Waals surface area (Å²) < 4.78 is 0.745. The van der Waals surface area contributed by atoms with Crippen LogP contribution in [0.15, 0.2) is 30.3 Å². The fraction of sp³-hybridized carbons (Fsp3) is 0.312. The maximum Gasteiger partial charge on any atom is 0.252 e. The number of hydrogen-bond acceptors (Lipinski definition) is 3. The molecule has 0 fully saturated rings. The summed E-state index contributed by atoms with van der Waals surface area (Å²) in [4.78, 5) is 13.6. The van der Waals surface area contributed by atoms with Gasteiger partial charge in [0.05, 0.1) is 10.4 Å². The number of amides is 1. The number of rotatable bonds is 3. The highest BCUT2D eigenvalue weighted by molar-refractivity contribution is 7.16. The van der Waals surface area contributed by atoms with Crippen molar-refractivity contribution in [1.82, 2.24) is 10.6 Å². The van der Waals surface area contributed by atoms with Gasteiger partial charge in [-0.1, -0.05) is 23.7 Å². The highest BCUT2D eigenvalue weighted by Crippen LogP contribution is 2.27. The molecule has 0 aliphatic carbocycles. The molecule has 1 aromatic carbocycles. The van der Waals surface area contributed by atoms with Gasteiger partial charge in [-0.3, -0.25) is 4.79 Å². The molecular weight excluding hydrogens is 304 g/mol. The summed E-state index contributed by atoms with van der Waals surface area (Å²) >= 11 is 7.45. The van der Waals surface area contributed by atoms with Gasteiger partial charge in [0.25, 0.3) is 5.91 Å². The lowest BCUT2D eigenvalue weighted by Crippen LogP contribution is -2.30. The lowest BCUT2D eigenvalue weighted by molar-refractivity contribution is 0.0939. The number of carbonyl (C=O) groups excluding carboxylic acids is 1. The zero-order chi connectivity index (χ0) is 14.8. The van der Waals surface area contributed by atoms with E-state index in [-0.39, 0.29) is 11.9 Å². The van der Waals surface area contributed by atoms with Crippen molar-refractivity contribution in [3.8, 4) is 0 Å². The Balaban J connectivity index is 1.79. The molecule has 2 heterocycles. The highest BCUT2D eigenvalue weighted by atomic mass is 35.5. The third-order valence-electron chi connectivity index (χ3n) is 3.75. The molecule has 110 valence electrons. The third kappa shape index (κ3) is 3.12. The smallest absolute Gasteiger partial charge is 0.252 e. The average Bonchev–Trinajstić information content (AvgIpc) is 2.93. The summed E-state index contributed by atoms with van der Waals surface area (Å²) in [6, 6.07) is 9.73. The normalized spacial score (nSPS) is 15.3. The Morgan fingerprint density at radius 3 is 3.00 bits per heavy atom. The lowest BCUT2D eigenvalue weighted by Gasteiger charge is -2.21. The first-order valence-corrected chi connectivity index (χ1v) is 8.22. The fourth-order valence-corrected chi connectivity index (χ4v) is 3.71. The van der Waals surface area contributed by atoms with E-state index in [2.05, 4.69) is 16.7 Å². The zero-order valence-corrected chi connectivity index (χ0v) is 13.4. The van der Waals surface area contributed by atoms with E-state index in [1.165, 1.54) is 22.5 Å². The number of benzene rings is 1. The Kier molecular flexibility index (Phi) is 4.29. The summed E-state index contributed by atoms with van der Waals surface area (Å²) in [6.45, 7) is 3.75. The highest BCUT2D eigenvalue weighted by Gasteiger charge is 2.19. The van der Waals surface area contributed by atoms with Crippen LogP contribution in [0.25, 0.3) is 0 Å². The van der Waals surface area contributed by atoms with Crippen LogP contribution in [0.5, 0.6) is 0 Å². The van der Waals surface area contributed by atoms with Gasteiger partial charge in [0.15, 0.2) is 0 Å². The Hall–Kier alpha value is -1.36. The molecule has 2 N–H and O–H groups in total. The van der Waals surface area contributed by atoms with E-state index in [0.717, 1.165) is 34.3 Å². The van der Waals surface area contributed by atoms with Gasteiger partial charge in [0.2, 0.25) is 0 Å². The Bertz CT molecular complexity index is 668. The molecule has 1 unspecified atom stereocenters. The number of halogens is 1. The molecular formula is C16H17ClN2OS. The van der Waals surface area contributed by atoms with E-state index in [1.807, 2.05) is 31.2 Å². The molecule has 0 bridgehead atoms. The van der Waals surface area contributed by atoms with Crippen LogP contribution in [-0.2, 0) is 13.0 Å². The topological polar surface area (TPSA) is 41.1 Å². The molecule has 1 aliphatic heterocycles. The number of hydrogen-bond donors (Lipinski definition) is 2. The minimum Gasteiger partial charge on any atom is -0.345 e. The van der Waals surface area contributed by atoms with Gasteiger partial charge >= 0.3 is 0 Å². The molecule has 1 aliphatic rings. The first-order chi connectivity index (χ1) is 10.1.